The highest BCUT2D eigenvalue weighted by atomic mass is 32.1. The normalized spacial score (nSPS) is 10.6. The average molecular weight is 357 g/mol. The third-order valence-corrected chi connectivity index (χ3v) is 5.41. The smallest absolute Gasteiger partial charge is 0.258 e. The van der Waals surface area contributed by atoms with Crippen LogP contribution < -0.4 is 0 Å². The van der Waals surface area contributed by atoms with Crippen LogP contribution in [0.5, 0.6) is 0 Å². The van der Waals surface area contributed by atoms with E-state index < -0.39 is 0 Å². The highest BCUT2D eigenvalue weighted by Crippen LogP contribution is 2.34. The van der Waals surface area contributed by atoms with E-state index in [1.807, 2.05) is 17.4 Å². The quantitative estimate of drug-likeness (QED) is 0.282. The first kappa shape index (κ1) is 16.2. The van der Waals surface area contributed by atoms with Crippen LogP contribution in [-0.4, -0.2) is 4.92 Å². The molecule has 0 N–H and O–H groups in total. The Morgan fingerprint density at radius 2 is 1.23 bits per heavy atom. The van der Waals surface area contributed by atoms with Gasteiger partial charge in [-0.2, -0.15) is 0 Å². The number of hydrogen-bond donors (Lipinski definition) is 0. The molecule has 5 rings (SSSR count). The first-order chi connectivity index (χ1) is 12.7. The van der Waals surface area contributed by atoms with Gasteiger partial charge in [-0.25, -0.2) is 0 Å². The van der Waals surface area contributed by atoms with Gasteiger partial charge in [-0.1, -0.05) is 66.7 Å². The van der Waals surface area contributed by atoms with Crippen molar-refractivity contribution in [2.75, 3.05) is 0 Å². The van der Waals surface area contributed by atoms with E-state index in [1.165, 1.54) is 20.9 Å². The minimum absolute atomic E-state index is 0.257. The number of benzene rings is 3. The standard InChI is InChI=1S/C16H12S.C6H3NO2/c1-3-7-13(8-4-1)15-11-12-16(17-15)14-9-5-2-6-10-14;8-7(9)6-3-4-1-2-5(4)6/h1-12H;1-3H. The molecule has 0 bridgehead atoms. The number of rotatable bonds is 3. The van der Waals surface area contributed by atoms with Crippen molar-refractivity contribution in [1.82, 2.24) is 0 Å². The second-order valence-corrected chi connectivity index (χ2v) is 6.97. The van der Waals surface area contributed by atoms with Crippen LogP contribution in [0.3, 0.4) is 0 Å². The molecule has 0 aliphatic heterocycles. The van der Waals surface area contributed by atoms with Crippen LogP contribution in [-0.2, 0) is 0 Å². The summed E-state index contributed by atoms with van der Waals surface area (Å²) in [6, 6.07) is 30.6. The van der Waals surface area contributed by atoms with Crippen LogP contribution in [0, 0.1) is 20.6 Å². The third kappa shape index (κ3) is 3.15. The summed E-state index contributed by atoms with van der Waals surface area (Å²) in [5, 5.41) is 11.9. The van der Waals surface area contributed by atoms with Gasteiger partial charge in [-0.3, -0.25) is 10.1 Å². The molecule has 0 unspecified atom stereocenters. The van der Waals surface area contributed by atoms with Gasteiger partial charge in [0.15, 0.2) is 0 Å². The van der Waals surface area contributed by atoms with E-state index in [2.05, 4.69) is 72.8 Å². The van der Waals surface area contributed by atoms with Gasteiger partial charge in [0.05, 0.1) is 10.1 Å². The van der Waals surface area contributed by atoms with E-state index >= 15 is 0 Å². The Labute approximate surface area is 154 Å². The molecule has 0 atom stereocenters. The molecule has 2 aliphatic rings. The Kier molecular flexibility index (Phi) is 4.33. The highest BCUT2D eigenvalue weighted by molar-refractivity contribution is 7.18. The second-order valence-electron chi connectivity index (χ2n) is 5.88. The summed E-state index contributed by atoms with van der Waals surface area (Å²) in [5.41, 5.74) is 2.84. The second kappa shape index (κ2) is 6.94. The molecule has 3 aromatic rings. The number of thiophene rings is 1. The molecule has 126 valence electrons. The molecule has 2 aliphatic carbocycles. The van der Waals surface area contributed by atoms with Gasteiger partial charge in [0.25, 0.3) is 5.69 Å². The van der Waals surface area contributed by atoms with Crippen LogP contribution in [0.4, 0.5) is 5.69 Å². The molecule has 0 radical (unpaired) electrons. The van der Waals surface area contributed by atoms with Crippen LogP contribution in [0.1, 0.15) is 0 Å². The first-order valence-electron chi connectivity index (χ1n) is 8.22. The number of non-ortho nitro benzene ring substituents is 1. The van der Waals surface area contributed by atoms with Gasteiger partial charge in [0, 0.05) is 15.8 Å². The molecule has 0 fully saturated rings. The molecule has 26 heavy (non-hydrogen) atoms. The monoisotopic (exact) mass is 357 g/mol. The summed E-state index contributed by atoms with van der Waals surface area (Å²) in [4.78, 5) is 12.3. The maximum absolute atomic E-state index is 10.0. The lowest BCUT2D eigenvalue weighted by molar-refractivity contribution is -0.386. The number of nitro groups is 1. The zero-order valence-electron chi connectivity index (χ0n) is 13.8. The van der Waals surface area contributed by atoms with Gasteiger partial charge >= 0.3 is 0 Å². The predicted molar refractivity (Wildman–Crippen MR) is 106 cm³/mol. The van der Waals surface area contributed by atoms with Crippen molar-refractivity contribution in [1.29, 1.82) is 0 Å². The lowest BCUT2D eigenvalue weighted by Gasteiger charge is -2.01. The van der Waals surface area contributed by atoms with Crippen molar-refractivity contribution in [2.45, 2.75) is 0 Å². The SMILES string of the molecule is O=[N+]([O-])c1cc2ccc1=2.c1ccc(-c2ccc(-c3ccccc3)s2)cc1. The van der Waals surface area contributed by atoms with Crippen LogP contribution in [0.25, 0.3) is 20.9 Å². The zero-order valence-corrected chi connectivity index (χ0v) is 14.6. The first-order valence-corrected chi connectivity index (χ1v) is 9.03. The van der Waals surface area contributed by atoms with Gasteiger partial charge < -0.3 is 0 Å². The van der Waals surface area contributed by atoms with Gasteiger partial charge in [0.1, 0.15) is 0 Å². The van der Waals surface area contributed by atoms with E-state index in [0.717, 1.165) is 10.4 Å². The topological polar surface area (TPSA) is 43.1 Å². The van der Waals surface area contributed by atoms with Crippen molar-refractivity contribution >= 4 is 17.0 Å². The molecule has 0 amide bonds. The third-order valence-electron chi connectivity index (χ3n) is 4.23. The minimum atomic E-state index is -0.359. The Balaban J connectivity index is 0.000000157. The Hall–Kier alpha value is -3.24. The van der Waals surface area contributed by atoms with E-state index in [4.69, 9.17) is 0 Å². The Morgan fingerprint density at radius 1 is 0.692 bits per heavy atom. The molecule has 0 spiro atoms. The average Bonchev–Trinajstić information content (AvgIpc) is 3.16. The van der Waals surface area contributed by atoms with Crippen molar-refractivity contribution in [3.63, 3.8) is 0 Å². The molecule has 1 aromatic heterocycles. The molecule has 1 heterocycles. The fraction of sp³-hybridized carbons (Fsp3) is 0. The summed E-state index contributed by atoms with van der Waals surface area (Å²) in [6.07, 6.45) is 0. The van der Waals surface area contributed by atoms with Gasteiger partial charge in [0.2, 0.25) is 0 Å². The van der Waals surface area contributed by atoms with Crippen LogP contribution >= 0.6 is 11.3 Å². The molecular weight excluding hydrogens is 342 g/mol. The summed E-state index contributed by atoms with van der Waals surface area (Å²) < 4.78 is 0. The van der Waals surface area contributed by atoms with E-state index in [0.29, 0.717) is 0 Å². The molecule has 0 saturated heterocycles. The van der Waals surface area contributed by atoms with Crippen LogP contribution in [0.15, 0.2) is 91.0 Å². The summed E-state index contributed by atoms with van der Waals surface area (Å²) in [7, 11) is 0. The summed E-state index contributed by atoms with van der Waals surface area (Å²) in [5.74, 6) is 0. The Morgan fingerprint density at radius 3 is 1.54 bits per heavy atom. The molecule has 3 nitrogen and oxygen atoms in total. The Bertz CT molecular complexity index is 1100. The number of hydrogen-bond acceptors (Lipinski definition) is 3. The molecule has 4 heteroatoms. The highest BCUT2D eigenvalue weighted by Gasteiger charge is 2.15. The fourth-order valence-electron chi connectivity index (χ4n) is 2.77. The van der Waals surface area contributed by atoms with Crippen molar-refractivity contribution in [3.05, 3.63) is 112 Å². The minimum Gasteiger partial charge on any atom is -0.258 e. The van der Waals surface area contributed by atoms with E-state index in [1.54, 1.807) is 12.1 Å². The molecule has 2 aromatic carbocycles. The van der Waals surface area contributed by atoms with Gasteiger partial charge in [-0.05, 0) is 34.5 Å². The van der Waals surface area contributed by atoms with Crippen molar-refractivity contribution in [3.8, 4) is 20.9 Å². The van der Waals surface area contributed by atoms with Crippen molar-refractivity contribution in [2.24, 2.45) is 0 Å². The van der Waals surface area contributed by atoms with E-state index in [9.17, 15) is 10.1 Å². The van der Waals surface area contributed by atoms with Crippen molar-refractivity contribution < 1.29 is 4.92 Å². The predicted octanol–water partition coefficient (Wildman–Crippen LogP) is 6.28. The number of nitro benzene ring substituents is 1. The fourth-order valence-corrected chi connectivity index (χ4v) is 3.79. The lowest BCUT2D eigenvalue weighted by Crippen LogP contribution is -1.96. The van der Waals surface area contributed by atoms with E-state index in [-0.39, 0.29) is 10.6 Å². The maximum Gasteiger partial charge on any atom is 0.277 e. The summed E-state index contributed by atoms with van der Waals surface area (Å²) in [6.45, 7) is 0. The maximum atomic E-state index is 10.0. The van der Waals surface area contributed by atoms with Gasteiger partial charge in [-0.15, -0.1) is 11.3 Å². The van der Waals surface area contributed by atoms with Crippen LogP contribution in [0.2, 0.25) is 0 Å². The lowest BCUT2D eigenvalue weighted by atomic mass is 10.1. The zero-order chi connectivity index (χ0) is 17.9. The molecule has 0 saturated carbocycles. The molecular formula is C22H15NO2S. The summed E-state index contributed by atoms with van der Waals surface area (Å²) >= 11 is 1.84. The number of nitrogens with zero attached hydrogens (tertiary/aromatic N) is 1. The largest absolute Gasteiger partial charge is 0.277 e.